The van der Waals surface area contributed by atoms with Crippen molar-refractivity contribution in [1.82, 2.24) is 10.2 Å². The number of hydrogen-bond donors (Lipinski definition) is 2. The van der Waals surface area contributed by atoms with Crippen molar-refractivity contribution in [3.63, 3.8) is 0 Å². The van der Waals surface area contributed by atoms with Gasteiger partial charge in [-0.15, -0.1) is 0 Å². The van der Waals surface area contributed by atoms with E-state index in [-0.39, 0.29) is 6.10 Å². The minimum Gasteiger partial charge on any atom is -0.390 e. The maximum atomic E-state index is 9.63. The van der Waals surface area contributed by atoms with Crippen molar-refractivity contribution < 1.29 is 5.11 Å². The molecule has 0 saturated heterocycles. The topological polar surface area (TPSA) is 35.5 Å². The van der Waals surface area contributed by atoms with Gasteiger partial charge in [0.15, 0.2) is 0 Å². The normalized spacial score (nSPS) is 15.9. The third-order valence-electron chi connectivity index (χ3n) is 2.47. The van der Waals surface area contributed by atoms with Gasteiger partial charge >= 0.3 is 0 Å². The summed E-state index contributed by atoms with van der Waals surface area (Å²) in [7, 11) is 2.07. The van der Waals surface area contributed by atoms with E-state index < -0.39 is 0 Å². The summed E-state index contributed by atoms with van der Waals surface area (Å²) < 4.78 is 0. The van der Waals surface area contributed by atoms with Crippen molar-refractivity contribution in [1.29, 1.82) is 0 Å². The first-order chi connectivity index (χ1) is 6.60. The molecule has 2 N–H and O–H groups in total. The number of aliphatic hydroxyl groups excluding tert-OH is 1. The van der Waals surface area contributed by atoms with Crippen LogP contribution in [0.15, 0.2) is 0 Å². The number of aliphatic hydroxyl groups is 1. The zero-order valence-corrected chi connectivity index (χ0v) is 10.1. The van der Waals surface area contributed by atoms with Crippen LogP contribution in [0.3, 0.4) is 0 Å². The van der Waals surface area contributed by atoms with Crippen LogP contribution in [0.5, 0.6) is 0 Å². The molecular formula is C11H26N2O. The molecule has 0 radical (unpaired) electrons. The SMILES string of the molecule is CCNCC(O)CN(C)CC(C)CC. The third kappa shape index (κ3) is 7.30. The lowest BCUT2D eigenvalue weighted by molar-refractivity contribution is 0.117. The van der Waals surface area contributed by atoms with Gasteiger partial charge in [0.1, 0.15) is 0 Å². The van der Waals surface area contributed by atoms with E-state index in [1.165, 1.54) is 6.42 Å². The Hall–Kier alpha value is -0.120. The minimum absolute atomic E-state index is 0.246. The van der Waals surface area contributed by atoms with Crippen LogP contribution in [0.2, 0.25) is 0 Å². The average Bonchev–Trinajstić information content (AvgIpc) is 2.14. The Kier molecular flexibility index (Phi) is 8.14. The van der Waals surface area contributed by atoms with Crippen LogP contribution < -0.4 is 5.32 Å². The van der Waals surface area contributed by atoms with Crippen molar-refractivity contribution in [3.05, 3.63) is 0 Å². The number of nitrogens with zero attached hydrogens (tertiary/aromatic N) is 1. The Morgan fingerprint density at radius 3 is 2.43 bits per heavy atom. The van der Waals surface area contributed by atoms with Gasteiger partial charge in [-0.3, -0.25) is 0 Å². The van der Waals surface area contributed by atoms with Crippen LogP contribution in [-0.4, -0.2) is 49.3 Å². The number of hydrogen-bond acceptors (Lipinski definition) is 3. The molecule has 0 spiro atoms. The van der Waals surface area contributed by atoms with Gasteiger partial charge in [-0.1, -0.05) is 27.2 Å². The fraction of sp³-hybridized carbons (Fsp3) is 1.00. The molecule has 0 saturated carbocycles. The van der Waals surface area contributed by atoms with E-state index in [1.54, 1.807) is 0 Å². The summed E-state index contributed by atoms with van der Waals surface area (Å²) >= 11 is 0. The predicted octanol–water partition coefficient (Wildman–Crippen LogP) is 0.935. The summed E-state index contributed by atoms with van der Waals surface area (Å²) in [5, 5.41) is 12.8. The first kappa shape index (κ1) is 13.9. The van der Waals surface area contributed by atoms with Crippen molar-refractivity contribution >= 4 is 0 Å². The van der Waals surface area contributed by atoms with Gasteiger partial charge in [-0.25, -0.2) is 0 Å². The molecule has 0 fully saturated rings. The second-order valence-electron chi connectivity index (χ2n) is 4.20. The van der Waals surface area contributed by atoms with Gasteiger partial charge in [0.05, 0.1) is 6.10 Å². The smallest absolute Gasteiger partial charge is 0.0791 e. The lowest BCUT2D eigenvalue weighted by atomic mass is 10.1. The minimum atomic E-state index is -0.246. The molecule has 0 aromatic heterocycles. The molecule has 86 valence electrons. The molecule has 3 nitrogen and oxygen atoms in total. The third-order valence-corrected chi connectivity index (χ3v) is 2.47. The predicted molar refractivity (Wildman–Crippen MR) is 61.5 cm³/mol. The van der Waals surface area contributed by atoms with Crippen molar-refractivity contribution in [3.8, 4) is 0 Å². The monoisotopic (exact) mass is 202 g/mol. The Morgan fingerprint density at radius 2 is 1.93 bits per heavy atom. The second kappa shape index (κ2) is 8.21. The molecular weight excluding hydrogens is 176 g/mol. The summed E-state index contributed by atoms with van der Waals surface area (Å²) in [6, 6.07) is 0. The zero-order valence-electron chi connectivity index (χ0n) is 10.1. The Morgan fingerprint density at radius 1 is 1.29 bits per heavy atom. The van der Waals surface area contributed by atoms with Crippen LogP contribution in [-0.2, 0) is 0 Å². The molecule has 14 heavy (non-hydrogen) atoms. The van der Waals surface area contributed by atoms with Crippen LogP contribution in [0.1, 0.15) is 27.2 Å². The summed E-state index contributed by atoms with van der Waals surface area (Å²) in [5.74, 6) is 0.714. The number of nitrogens with one attached hydrogen (secondary N) is 1. The molecule has 2 unspecified atom stereocenters. The first-order valence-electron chi connectivity index (χ1n) is 5.67. The van der Waals surface area contributed by atoms with E-state index >= 15 is 0 Å². The summed E-state index contributed by atoms with van der Waals surface area (Å²) in [6.45, 7) is 9.95. The van der Waals surface area contributed by atoms with Gasteiger partial charge in [0, 0.05) is 19.6 Å². The highest BCUT2D eigenvalue weighted by molar-refractivity contribution is 4.65. The number of likely N-dealkylation sites (N-methyl/N-ethyl adjacent to an activating group) is 2. The molecule has 0 aliphatic heterocycles. The van der Waals surface area contributed by atoms with Crippen molar-refractivity contribution in [2.24, 2.45) is 5.92 Å². The maximum absolute atomic E-state index is 9.63. The molecule has 0 aliphatic rings. The lowest BCUT2D eigenvalue weighted by Crippen LogP contribution is -2.38. The number of rotatable bonds is 8. The summed E-state index contributed by atoms with van der Waals surface area (Å²) in [4.78, 5) is 2.20. The van der Waals surface area contributed by atoms with Crippen LogP contribution in [0, 0.1) is 5.92 Å². The van der Waals surface area contributed by atoms with Gasteiger partial charge in [-0.2, -0.15) is 0 Å². The van der Waals surface area contributed by atoms with Gasteiger partial charge in [0.25, 0.3) is 0 Å². The Balaban J connectivity index is 3.54. The molecule has 0 rings (SSSR count). The molecule has 0 bridgehead atoms. The fourth-order valence-electron chi connectivity index (χ4n) is 1.47. The van der Waals surface area contributed by atoms with E-state index in [9.17, 15) is 5.11 Å². The molecule has 0 amide bonds. The molecule has 2 atom stereocenters. The van der Waals surface area contributed by atoms with E-state index in [1.807, 2.05) is 0 Å². The van der Waals surface area contributed by atoms with E-state index in [0.29, 0.717) is 12.5 Å². The first-order valence-corrected chi connectivity index (χ1v) is 5.67. The summed E-state index contributed by atoms with van der Waals surface area (Å²) in [5.41, 5.74) is 0. The van der Waals surface area contributed by atoms with E-state index in [0.717, 1.165) is 19.6 Å². The van der Waals surface area contributed by atoms with E-state index in [2.05, 4.69) is 38.0 Å². The van der Waals surface area contributed by atoms with Gasteiger partial charge < -0.3 is 15.3 Å². The van der Waals surface area contributed by atoms with Gasteiger partial charge in [0.2, 0.25) is 0 Å². The summed E-state index contributed by atoms with van der Waals surface area (Å²) in [6.07, 6.45) is 0.956. The highest BCUT2D eigenvalue weighted by Crippen LogP contribution is 2.02. The quantitative estimate of drug-likeness (QED) is 0.615. The zero-order chi connectivity index (χ0) is 11.0. The van der Waals surface area contributed by atoms with Gasteiger partial charge in [-0.05, 0) is 19.5 Å². The largest absolute Gasteiger partial charge is 0.390 e. The molecule has 0 aromatic rings. The fourth-order valence-corrected chi connectivity index (χ4v) is 1.47. The molecule has 3 heteroatoms. The van der Waals surface area contributed by atoms with Crippen LogP contribution >= 0.6 is 0 Å². The highest BCUT2D eigenvalue weighted by atomic mass is 16.3. The molecule has 0 aliphatic carbocycles. The van der Waals surface area contributed by atoms with Crippen LogP contribution in [0.25, 0.3) is 0 Å². The molecule has 0 heterocycles. The Labute approximate surface area is 88.5 Å². The maximum Gasteiger partial charge on any atom is 0.0791 e. The standard InChI is InChI=1S/C11H26N2O/c1-5-10(3)8-13(4)9-11(14)7-12-6-2/h10-12,14H,5-9H2,1-4H3. The Bertz CT molecular complexity index is 130. The average molecular weight is 202 g/mol. The molecule has 0 aromatic carbocycles. The van der Waals surface area contributed by atoms with Crippen molar-refractivity contribution in [2.45, 2.75) is 33.3 Å². The van der Waals surface area contributed by atoms with Crippen molar-refractivity contribution in [2.75, 3.05) is 33.2 Å². The second-order valence-corrected chi connectivity index (χ2v) is 4.20. The lowest BCUT2D eigenvalue weighted by Gasteiger charge is -2.23. The van der Waals surface area contributed by atoms with Crippen LogP contribution in [0.4, 0.5) is 0 Å². The highest BCUT2D eigenvalue weighted by Gasteiger charge is 2.09. The van der Waals surface area contributed by atoms with E-state index in [4.69, 9.17) is 0 Å².